The van der Waals surface area contributed by atoms with Crippen molar-refractivity contribution in [1.82, 2.24) is 29.7 Å². The predicted molar refractivity (Wildman–Crippen MR) is 84.4 cm³/mol. The number of hydrogen-bond acceptors (Lipinski definition) is 5. The molecule has 0 aliphatic carbocycles. The van der Waals surface area contributed by atoms with Gasteiger partial charge in [-0.1, -0.05) is 11.3 Å². The number of thiophene rings is 1. The van der Waals surface area contributed by atoms with Crippen LogP contribution in [0.25, 0.3) is 0 Å². The van der Waals surface area contributed by atoms with Crippen LogP contribution < -0.4 is 0 Å². The highest BCUT2D eigenvalue weighted by atomic mass is 32.1. The van der Waals surface area contributed by atoms with Crippen molar-refractivity contribution < 1.29 is 0 Å². The Morgan fingerprint density at radius 3 is 3.00 bits per heavy atom. The molecule has 4 heterocycles. The molecule has 0 radical (unpaired) electrons. The normalized spacial score (nSPS) is 15.6. The molecule has 0 saturated heterocycles. The summed E-state index contributed by atoms with van der Waals surface area (Å²) in [7, 11) is 0. The SMILES string of the molecule is c1csc(CN2CCCn3nnc(Cn4cccn4)c3C2)c1. The molecule has 0 fully saturated rings. The molecule has 1 aliphatic rings. The number of fused-ring (bicyclic) bond motifs is 1. The van der Waals surface area contributed by atoms with Gasteiger partial charge in [0.2, 0.25) is 0 Å². The zero-order valence-corrected chi connectivity index (χ0v) is 13.1. The minimum absolute atomic E-state index is 0.690. The lowest BCUT2D eigenvalue weighted by atomic mass is 10.3. The monoisotopic (exact) mass is 314 g/mol. The van der Waals surface area contributed by atoms with Crippen molar-refractivity contribution in [3.05, 3.63) is 52.2 Å². The van der Waals surface area contributed by atoms with Crippen LogP contribution >= 0.6 is 11.3 Å². The summed E-state index contributed by atoms with van der Waals surface area (Å²) >= 11 is 1.82. The van der Waals surface area contributed by atoms with Crippen LogP contribution in [-0.4, -0.2) is 36.2 Å². The standard InChI is InChI=1S/C15H18N6S/c1-4-13(22-9-1)10-19-6-3-8-21-15(12-19)14(17-18-21)11-20-7-2-5-16-20/h1-2,4-5,7,9H,3,6,8,10-12H2. The highest BCUT2D eigenvalue weighted by molar-refractivity contribution is 7.09. The first-order valence-electron chi connectivity index (χ1n) is 7.52. The van der Waals surface area contributed by atoms with Crippen LogP contribution in [0, 0.1) is 0 Å². The molecule has 114 valence electrons. The first-order chi connectivity index (χ1) is 10.9. The fraction of sp³-hybridized carbons (Fsp3) is 0.400. The van der Waals surface area contributed by atoms with Crippen molar-refractivity contribution in [1.29, 1.82) is 0 Å². The zero-order valence-electron chi connectivity index (χ0n) is 12.3. The number of hydrogen-bond donors (Lipinski definition) is 0. The van der Waals surface area contributed by atoms with Gasteiger partial charge in [0.25, 0.3) is 0 Å². The molecule has 0 spiro atoms. The van der Waals surface area contributed by atoms with Crippen LogP contribution in [0.1, 0.15) is 22.7 Å². The van der Waals surface area contributed by atoms with E-state index >= 15 is 0 Å². The third kappa shape index (κ3) is 2.82. The minimum atomic E-state index is 0.690. The van der Waals surface area contributed by atoms with E-state index in [9.17, 15) is 0 Å². The van der Waals surface area contributed by atoms with Gasteiger partial charge in [0.15, 0.2) is 0 Å². The molecule has 0 atom stereocenters. The molecule has 6 nitrogen and oxygen atoms in total. The molecule has 0 amide bonds. The summed E-state index contributed by atoms with van der Waals surface area (Å²) in [5.74, 6) is 0. The maximum Gasteiger partial charge on any atom is 0.109 e. The molecule has 0 aromatic carbocycles. The Labute approximate surface area is 133 Å². The summed E-state index contributed by atoms with van der Waals surface area (Å²) in [4.78, 5) is 3.90. The van der Waals surface area contributed by atoms with Crippen LogP contribution in [0.5, 0.6) is 0 Å². The molecule has 1 aliphatic heterocycles. The average molecular weight is 314 g/mol. The Kier molecular flexibility index (Phi) is 3.74. The molecule has 0 saturated carbocycles. The van der Waals surface area contributed by atoms with Crippen LogP contribution in [0.2, 0.25) is 0 Å². The van der Waals surface area contributed by atoms with E-state index in [0.717, 1.165) is 38.3 Å². The maximum absolute atomic E-state index is 4.37. The van der Waals surface area contributed by atoms with E-state index in [1.807, 2.05) is 28.3 Å². The van der Waals surface area contributed by atoms with E-state index in [0.29, 0.717) is 6.54 Å². The largest absolute Gasteiger partial charge is 0.292 e. The van der Waals surface area contributed by atoms with Crippen LogP contribution in [0.4, 0.5) is 0 Å². The highest BCUT2D eigenvalue weighted by Gasteiger charge is 2.20. The summed E-state index contributed by atoms with van der Waals surface area (Å²) in [6.07, 6.45) is 4.88. The molecule has 0 N–H and O–H groups in total. The lowest BCUT2D eigenvalue weighted by Gasteiger charge is -2.18. The van der Waals surface area contributed by atoms with Crippen molar-refractivity contribution in [2.75, 3.05) is 6.54 Å². The molecule has 22 heavy (non-hydrogen) atoms. The predicted octanol–water partition coefficient (Wildman–Crippen LogP) is 1.99. The van der Waals surface area contributed by atoms with Gasteiger partial charge in [0.05, 0.1) is 12.2 Å². The average Bonchev–Trinajstić information content (AvgIpc) is 3.24. The van der Waals surface area contributed by atoms with Gasteiger partial charge < -0.3 is 0 Å². The Hall–Kier alpha value is -1.99. The Morgan fingerprint density at radius 2 is 2.18 bits per heavy atom. The maximum atomic E-state index is 4.37. The molecule has 3 aromatic heterocycles. The second kappa shape index (κ2) is 6.02. The Morgan fingerprint density at radius 1 is 1.18 bits per heavy atom. The number of rotatable bonds is 4. The topological polar surface area (TPSA) is 51.8 Å². The van der Waals surface area contributed by atoms with Gasteiger partial charge in [-0.2, -0.15) is 5.10 Å². The van der Waals surface area contributed by atoms with Crippen molar-refractivity contribution >= 4 is 11.3 Å². The Balaban J connectivity index is 1.55. The third-order valence-corrected chi connectivity index (χ3v) is 4.83. The van der Waals surface area contributed by atoms with Crippen LogP contribution in [-0.2, 0) is 26.2 Å². The van der Waals surface area contributed by atoms with Crippen LogP contribution in [0.15, 0.2) is 36.0 Å². The molecule has 0 bridgehead atoms. The van der Waals surface area contributed by atoms with Crippen LogP contribution in [0.3, 0.4) is 0 Å². The summed E-state index contributed by atoms with van der Waals surface area (Å²) in [5, 5.41) is 15.1. The second-order valence-electron chi connectivity index (χ2n) is 5.55. The van der Waals surface area contributed by atoms with Crippen molar-refractivity contribution in [3.8, 4) is 0 Å². The summed E-state index contributed by atoms with van der Waals surface area (Å²) in [6, 6.07) is 6.26. The van der Waals surface area contributed by atoms with Gasteiger partial charge in [0, 0.05) is 43.4 Å². The van der Waals surface area contributed by atoms with Gasteiger partial charge in [-0.05, 0) is 23.9 Å². The molecule has 0 unspecified atom stereocenters. The van der Waals surface area contributed by atoms with Gasteiger partial charge >= 0.3 is 0 Å². The summed E-state index contributed by atoms with van der Waals surface area (Å²) in [5.41, 5.74) is 2.26. The summed E-state index contributed by atoms with van der Waals surface area (Å²) in [6.45, 7) is 4.64. The van der Waals surface area contributed by atoms with E-state index in [-0.39, 0.29) is 0 Å². The highest BCUT2D eigenvalue weighted by Crippen LogP contribution is 2.19. The third-order valence-electron chi connectivity index (χ3n) is 3.97. The van der Waals surface area contributed by atoms with Crippen molar-refractivity contribution in [3.63, 3.8) is 0 Å². The van der Waals surface area contributed by atoms with Gasteiger partial charge in [-0.3, -0.25) is 9.58 Å². The second-order valence-corrected chi connectivity index (χ2v) is 6.59. The number of nitrogens with zero attached hydrogens (tertiary/aromatic N) is 6. The van der Waals surface area contributed by atoms with Gasteiger partial charge in [-0.15, -0.1) is 16.4 Å². The zero-order chi connectivity index (χ0) is 14.8. The lowest BCUT2D eigenvalue weighted by Crippen LogP contribution is -2.23. The van der Waals surface area contributed by atoms with Crippen molar-refractivity contribution in [2.45, 2.75) is 32.6 Å². The minimum Gasteiger partial charge on any atom is -0.292 e. The van der Waals surface area contributed by atoms with Gasteiger partial charge in [0.1, 0.15) is 5.69 Å². The lowest BCUT2D eigenvalue weighted by molar-refractivity contribution is 0.262. The molecular formula is C15H18N6S. The molecule has 4 rings (SSSR count). The molecule has 7 heteroatoms. The fourth-order valence-corrected chi connectivity index (χ4v) is 3.63. The quantitative estimate of drug-likeness (QED) is 0.739. The van der Waals surface area contributed by atoms with E-state index in [1.165, 1.54) is 10.6 Å². The first kappa shape index (κ1) is 13.7. The van der Waals surface area contributed by atoms with E-state index < -0.39 is 0 Å². The van der Waals surface area contributed by atoms with E-state index in [2.05, 4.69) is 42.5 Å². The first-order valence-corrected chi connectivity index (χ1v) is 8.40. The molecular weight excluding hydrogens is 296 g/mol. The fourth-order valence-electron chi connectivity index (χ4n) is 2.88. The number of aryl methyl sites for hydroxylation is 1. The number of aromatic nitrogens is 5. The van der Waals surface area contributed by atoms with Crippen molar-refractivity contribution in [2.24, 2.45) is 0 Å². The molecule has 3 aromatic rings. The summed E-state index contributed by atoms with van der Waals surface area (Å²) < 4.78 is 3.96. The van der Waals surface area contributed by atoms with E-state index in [4.69, 9.17) is 0 Å². The Bertz CT molecular complexity index is 715. The van der Waals surface area contributed by atoms with Gasteiger partial charge in [-0.25, -0.2) is 4.68 Å². The smallest absolute Gasteiger partial charge is 0.109 e. The van der Waals surface area contributed by atoms with E-state index in [1.54, 1.807) is 6.20 Å².